The number of benzene rings is 1. The van der Waals surface area contributed by atoms with Crippen LogP contribution in [0.2, 0.25) is 0 Å². The van der Waals surface area contributed by atoms with E-state index in [9.17, 15) is 9.59 Å². The number of carbonyl (C=O) groups is 2. The van der Waals surface area contributed by atoms with Crippen LogP contribution in [0.4, 0.5) is 28.8 Å². The number of thiophene rings is 1. The van der Waals surface area contributed by atoms with E-state index in [1.807, 2.05) is 49.0 Å². The number of primary amides is 1. The fourth-order valence-electron chi connectivity index (χ4n) is 4.30. The number of rotatable bonds is 8. The first-order valence-corrected chi connectivity index (χ1v) is 12.6. The van der Waals surface area contributed by atoms with E-state index in [2.05, 4.69) is 25.6 Å². The molecule has 0 fully saturated rings. The highest BCUT2D eigenvalue weighted by Gasteiger charge is 2.30. The third-order valence-corrected chi connectivity index (χ3v) is 7.43. The molecule has 3 aromatic heterocycles. The maximum atomic E-state index is 13.1. The van der Waals surface area contributed by atoms with E-state index in [1.165, 1.54) is 11.3 Å². The lowest BCUT2D eigenvalue weighted by molar-refractivity contribution is -0.122. The van der Waals surface area contributed by atoms with Crippen molar-refractivity contribution in [3.8, 4) is 5.75 Å². The third kappa shape index (κ3) is 4.56. The van der Waals surface area contributed by atoms with Crippen LogP contribution < -0.4 is 26.0 Å². The summed E-state index contributed by atoms with van der Waals surface area (Å²) in [7, 11) is 5.38. The van der Waals surface area contributed by atoms with E-state index >= 15 is 0 Å². The number of nitrogens with zero attached hydrogens (tertiary/aromatic N) is 4. The molecule has 4 aromatic rings. The van der Waals surface area contributed by atoms with Gasteiger partial charge in [-0.2, -0.15) is 9.97 Å². The van der Waals surface area contributed by atoms with E-state index in [4.69, 9.17) is 10.5 Å². The van der Waals surface area contributed by atoms with Crippen molar-refractivity contribution < 1.29 is 14.3 Å². The quantitative estimate of drug-likeness (QED) is 0.277. The van der Waals surface area contributed by atoms with Crippen molar-refractivity contribution in [3.63, 3.8) is 0 Å². The van der Waals surface area contributed by atoms with Gasteiger partial charge in [0.1, 0.15) is 22.1 Å². The minimum absolute atomic E-state index is 0.0384. The molecule has 5 N–H and O–H groups in total. The molecule has 12 heteroatoms. The molecule has 11 nitrogen and oxygen atoms in total. The first-order valence-electron chi connectivity index (χ1n) is 11.7. The predicted molar refractivity (Wildman–Crippen MR) is 145 cm³/mol. The molecular weight excluding hydrogens is 492 g/mol. The summed E-state index contributed by atoms with van der Waals surface area (Å²) >= 11 is 1.26. The van der Waals surface area contributed by atoms with Crippen LogP contribution in [-0.4, -0.2) is 65.5 Å². The number of anilines is 5. The highest BCUT2D eigenvalue weighted by Crippen LogP contribution is 2.39. The largest absolute Gasteiger partial charge is 0.495 e. The number of ether oxygens (including phenoxy) is 1. The Hall–Kier alpha value is -4.16. The predicted octanol–water partition coefficient (Wildman–Crippen LogP) is 3.45. The summed E-state index contributed by atoms with van der Waals surface area (Å²) in [5, 5.41) is 9.01. The first-order chi connectivity index (χ1) is 17.8. The minimum Gasteiger partial charge on any atom is -0.495 e. The average molecular weight is 521 g/mol. The second kappa shape index (κ2) is 9.71. The standard InChI is InChI=1S/C25H28N8O3S/c1-13(32(2)3)24(35)33-9-6-14-11-19(36-4)17(12-18(14)33)29-25-30-22-15(5-8-27-22)23(31-25)28-16-7-10-37-20(16)21(26)34/h5,7-8,10-13H,6,9H2,1-4H3,(H2,26,34)(H3,27,28,29,30,31)/t13-/m1/s1. The molecule has 37 heavy (non-hydrogen) atoms. The van der Waals surface area contributed by atoms with Gasteiger partial charge in [0.05, 0.1) is 29.9 Å². The van der Waals surface area contributed by atoms with Crippen molar-refractivity contribution in [2.24, 2.45) is 5.73 Å². The molecule has 4 heterocycles. The fourth-order valence-corrected chi connectivity index (χ4v) is 5.00. The Bertz CT molecular complexity index is 1490. The number of methoxy groups -OCH3 is 1. The van der Waals surface area contributed by atoms with Crippen LogP contribution in [0.15, 0.2) is 35.8 Å². The molecule has 0 unspecified atom stereocenters. The zero-order valence-corrected chi connectivity index (χ0v) is 21.8. The summed E-state index contributed by atoms with van der Waals surface area (Å²) in [6.45, 7) is 2.51. The van der Waals surface area contributed by atoms with Gasteiger partial charge in [-0.25, -0.2) is 0 Å². The minimum atomic E-state index is -0.513. The number of hydrogen-bond donors (Lipinski definition) is 4. The number of nitrogens with two attached hydrogens (primary N) is 1. The molecule has 192 valence electrons. The highest BCUT2D eigenvalue weighted by molar-refractivity contribution is 7.12. The maximum Gasteiger partial charge on any atom is 0.260 e. The Balaban J connectivity index is 1.51. The summed E-state index contributed by atoms with van der Waals surface area (Å²) in [6.07, 6.45) is 2.52. The molecule has 1 aromatic carbocycles. The van der Waals surface area contributed by atoms with Crippen LogP contribution in [0, 0.1) is 0 Å². The zero-order chi connectivity index (χ0) is 26.3. The fraction of sp³-hybridized carbons (Fsp3) is 0.280. The molecule has 0 spiro atoms. The van der Waals surface area contributed by atoms with Crippen LogP contribution in [0.3, 0.4) is 0 Å². The molecule has 0 radical (unpaired) electrons. The van der Waals surface area contributed by atoms with E-state index in [0.717, 1.165) is 23.1 Å². The molecule has 0 aliphatic carbocycles. The molecule has 1 aliphatic rings. The van der Waals surface area contributed by atoms with Gasteiger partial charge in [0.15, 0.2) is 0 Å². The lowest BCUT2D eigenvalue weighted by Gasteiger charge is -2.26. The number of nitrogens with one attached hydrogen (secondary N) is 3. The lowest BCUT2D eigenvalue weighted by Crippen LogP contribution is -2.43. The Kier molecular flexibility index (Phi) is 6.44. The SMILES string of the molecule is COc1cc2c(cc1Nc1nc(Nc3ccsc3C(N)=O)c3cc[nH]c3n1)N(C(=O)[C@@H](C)N(C)C)CC2. The number of carbonyl (C=O) groups excluding carboxylic acids is 2. The van der Waals surface area contributed by atoms with Gasteiger partial charge in [0, 0.05) is 18.4 Å². The van der Waals surface area contributed by atoms with Gasteiger partial charge < -0.3 is 31.0 Å². The number of likely N-dealkylation sites (N-methyl/N-ethyl adjacent to an activating group) is 1. The van der Waals surface area contributed by atoms with Crippen LogP contribution in [0.25, 0.3) is 11.0 Å². The van der Waals surface area contributed by atoms with Crippen molar-refractivity contribution in [1.29, 1.82) is 0 Å². The lowest BCUT2D eigenvalue weighted by atomic mass is 10.1. The van der Waals surface area contributed by atoms with Crippen LogP contribution >= 0.6 is 11.3 Å². The number of aromatic amines is 1. The van der Waals surface area contributed by atoms with Crippen molar-refractivity contribution in [2.75, 3.05) is 43.3 Å². The summed E-state index contributed by atoms with van der Waals surface area (Å²) in [5.74, 6) is 0.958. The Labute approximate surface area is 217 Å². The number of amides is 2. The second-order valence-corrected chi connectivity index (χ2v) is 9.89. The van der Waals surface area contributed by atoms with Crippen molar-refractivity contribution in [3.05, 3.63) is 46.3 Å². The van der Waals surface area contributed by atoms with Gasteiger partial charge in [0.25, 0.3) is 5.91 Å². The van der Waals surface area contributed by atoms with Gasteiger partial charge >= 0.3 is 0 Å². The van der Waals surface area contributed by atoms with Crippen LogP contribution in [-0.2, 0) is 11.2 Å². The Morgan fingerprint density at radius 3 is 2.76 bits per heavy atom. The topological polar surface area (TPSA) is 142 Å². The van der Waals surface area contributed by atoms with Crippen molar-refractivity contribution in [2.45, 2.75) is 19.4 Å². The maximum absolute atomic E-state index is 13.1. The number of H-pyrrole nitrogens is 1. The molecule has 0 bridgehead atoms. The Morgan fingerprint density at radius 1 is 1.22 bits per heavy atom. The van der Waals surface area contributed by atoms with Crippen molar-refractivity contribution >= 4 is 63.0 Å². The second-order valence-electron chi connectivity index (χ2n) is 8.97. The summed E-state index contributed by atoms with van der Waals surface area (Å²) < 4.78 is 5.65. The normalized spacial score (nSPS) is 13.6. The molecule has 2 amide bonds. The smallest absolute Gasteiger partial charge is 0.260 e. The molecule has 0 saturated heterocycles. The van der Waals surface area contributed by atoms with E-state index < -0.39 is 5.91 Å². The third-order valence-electron chi connectivity index (χ3n) is 6.50. The van der Waals surface area contributed by atoms with Crippen LogP contribution in [0.5, 0.6) is 5.75 Å². The van der Waals surface area contributed by atoms with E-state index in [0.29, 0.717) is 46.0 Å². The monoisotopic (exact) mass is 520 g/mol. The summed E-state index contributed by atoms with van der Waals surface area (Å²) in [4.78, 5) is 41.4. The zero-order valence-electron chi connectivity index (χ0n) is 21.0. The molecule has 5 rings (SSSR count). The number of hydrogen-bond acceptors (Lipinski definition) is 9. The van der Waals surface area contributed by atoms with Gasteiger partial charge in [-0.1, -0.05) is 0 Å². The van der Waals surface area contributed by atoms with Crippen molar-refractivity contribution in [1.82, 2.24) is 19.9 Å². The molecule has 0 saturated carbocycles. The highest BCUT2D eigenvalue weighted by atomic mass is 32.1. The average Bonchev–Trinajstić information content (AvgIpc) is 3.62. The number of fused-ring (bicyclic) bond motifs is 2. The van der Waals surface area contributed by atoms with Gasteiger partial charge in [-0.3, -0.25) is 14.5 Å². The summed E-state index contributed by atoms with van der Waals surface area (Å²) in [6, 6.07) is 7.23. The van der Waals surface area contributed by atoms with Gasteiger partial charge in [0.2, 0.25) is 11.9 Å². The first kappa shape index (κ1) is 24.5. The van der Waals surface area contributed by atoms with Crippen LogP contribution in [0.1, 0.15) is 22.2 Å². The number of aromatic nitrogens is 3. The molecule has 1 aliphatic heterocycles. The van der Waals surface area contributed by atoms with E-state index in [-0.39, 0.29) is 11.9 Å². The van der Waals surface area contributed by atoms with Gasteiger partial charge in [-0.15, -0.1) is 11.3 Å². The molecule has 1 atom stereocenters. The summed E-state index contributed by atoms with van der Waals surface area (Å²) in [5.41, 5.74) is 9.20. The Morgan fingerprint density at radius 2 is 2.03 bits per heavy atom. The van der Waals surface area contributed by atoms with E-state index in [1.54, 1.807) is 24.8 Å². The molecular formula is C25H28N8O3S. The van der Waals surface area contributed by atoms with Gasteiger partial charge in [-0.05, 0) is 62.6 Å².